The molecule has 0 spiro atoms. The molecule has 0 unspecified atom stereocenters. The summed E-state index contributed by atoms with van der Waals surface area (Å²) in [5.74, 6) is -1.45. The zero-order valence-electron chi connectivity index (χ0n) is 12.6. The van der Waals surface area contributed by atoms with Crippen LogP contribution in [0.25, 0.3) is 0 Å². The van der Waals surface area contributed by atoms with Crippen LogP contribution in [-0.2, 0) is 11.3 Å². The molecule has 0 radical (unpaired) electrons. The van der Waals surface area contributed by atoms with Crippen LogP contribution in [0.15, 0.2) is 41.3 Å². The third-order valence-electron chi connectivity index (χ3n) is 3.25. The first-order valence-electron chi connectivity index (χ1n) is 6.69. The van der Waals surface area contributed by atoms with Crippen LogP contribution in [0, 0.1) is 10.1 Å². The Kier molecular flexibility index (Phi) is 4.73. The number of carbonyl (C=O) groups excluding carboxylic acids is 2. The number of pyridine rings is 1. The Labute approximate surface area is 135 Å². The Morgan fingerprint density at radius 1 is 1.29 bits per heavy atom. The molecule has 0 saturated heterocycles. The molecule has 9 nitrogen and oxygen atoms in total. The Morgan fingerprint density at radius 2 is 2.00 bits per heavy atom. The van der Waals surface area contributed by atoms with Gasteiger partial charge in [0, 0.05) is 17.8 Å². The van der Waals surface area contributed by atoms with Gasteiger partial charge >= 0.3 is 17.2 Å². The van der Waals surface area contributed by atoms with E-state index in [4.69, 9.17) is 5.73 Å². The largest absolute Gasteiger partial charge is 0.465 e. The zero-order chi connectivity index (χ0) is 17.9. The predicted molar refractivity (Wildman–Crippen MR) is 82.8 cm³/mol. The molecule has 0 aliphatic rings. The summed E-state index contributed by atoms with van der Waals surface area (Å²) in [4.78, 5) is 45.1. The van der Waals surface area contributed by atoms with E-state index in [1.165, 1.54) is 12.1 Å². The normalized spacial score (nSPS) is 10.2. The standard InChI is InChI=1S/C15H13N3O6/c1-24-15(21)11-6-12(18(22)23)14(20)17(8-11)7-9-3-2-4-10(5-9)13(16)19/h2-6,8H,7H2,1H3,(H2,16,19). The monoisotopic (exact) mass is 331 g/mol. The fourth-order valence-electron chi connectivity index (χ4n) is 2.12. The second kappa shape index (κ2) is 6.73. The van der Waals surface area contributed by atoms with Crippen LogP contribution in [0.4, 0.5) is 5.69 Å². The Balaban J connectivity index is 2.53. The number of aromatic nitrogens is 1. The smallest absolute Gasteiger partial charge is 0.339 e. The fraction of sp³-hybridized carbons (Fsp3) is 0.133. The molecule has 9 heteroatoms. The number of benzene rings is 1. The molecule has 0 bridgehead atoms. The van der Waals surface area contributed by atoms with Crippen molar-refractivity contribution in [3.63, 3.8) is 0 Å². The van der Waals surface area contributed by atoms with Gasteiger partial charge in [-0.05, 0) is 17.7 Å². The van der Waals surface area contributed by atoms with Gasteiger partial charge in [-0.25, -0.2) is 4.79 Å². The van der Waals surface area contributed by atoms with Gasteiger partial charge in [0.15, 0.2) is 0 Å². The van der Waals surface area contributed by atoms with Crippen molar-refractivity contribution in [3.8, 4) is 0 Å². The molecule has 2 aromatic rings. The van der Waals surface area contributed by atoms with E-state index in [1.807, 2.05) is 0 Å². The summed E-state index contributed by atoms with van der Waals surface area (Å²) in [6, 6.07) is 7.02. The van der Waals surface area contributed by atoms with Gasteiger partial charge in [-0.15, -0.1) is 0 Å². The third kappa shape index (κ3) is 3.46. The SMILES string of the molecule is COC(=O)c1cc([N+](=O)[O-])c(=O)n(Cc2cccc(C(N)=O)c2)c1. The molecule has 124 valence electrons. The van der Waals surface area contributed by atoms with Gasteiger partial charge in [0.05, 0.1) is 24.1 Å². The summed E-state index contributed by atoms with van der Waals surface area (Å²) < 4.78 is 5.53. The number of amides is 1. The molecular formula is C15H13N3O6. The minimum absolute atomic E-state index is 0.0778. The fourth-order valence-corrected chi connectivity index (χ4v) is 2.12. The van der Waals surface area contributed by atoms with Crippen LogP contribution in [-0.4, -0.2) is 28.5 Å². The molecular weight excluding hydrogens is 318 g/mol. The van der Waals surface area contributed by atoms with Gasteiger partial charge in [-0.1, -0.05) is 12.1 Å². The second-order valence-corrected chi connectivity index (χ2v) is 4.86. The van der Waals surface area contributed by atoms with Crippen molar-refractivity contribution in [2.45, 2.75) is 6.54 Å². The molecule has 0 saturated carbocycles. The highest BCUT2D eigenvalue weighted by atomic mass is 16.6. The lowest BCUT2D eigenvalue weighted by Gasteiger charge is -2.09. The molecule has 2 rings (SSSR count). The minimum Gasteiger partial charge on any atom is -0.465 e. The molecule has 1 aromatic carbocycles. The first kappa shape index (κ1) is 16.9. The quantitative estimate of drug-likeness (QED) is 0.486. The van der Waals surface area contributed by atoms with E-state index in [9.17, 15) is 24.5 Å². The average Bonchev–Trinajstić information content (AvgIpc) is 2.55. The van der Waals surface area contributed by atoms with Gasteiger partial charge in [0.2, 0.25) is 5.91 Å². The molecule has 0 atom stereocenters. The van der Waals surface area contributed by atoms with E-state index in [2.05, 4.69) is 4.74 Å². The molecule has 1 amide bonds. The molecule has 2 N–H and O–H groups in total. The maximum absolute atomic E-state index is 12.2. The lowest BCUT2D eigenvalue weighted by Crippen LogP contribution is -2.24. The maximum Gasteiger partial charge on any atom is 0.339 e. The zero-order valence-corrected chi connectivity index (χ0v) is 12.6. The van der Waals surface area contributed by atoms with Crippen LogP contribution < -0.4 is 11.3 Å². The number of nitro groups is 1. The van der Waals surface area contributed by atoms with Crippen molar-refractivity contribution in [2.24, 2.45) is 5.73 Å². The Morgan fingerprint density at radius 3 is 2.58 bits per heavy atom. The van der Waals surface area contributed by atoms with Crippen molar-refractivity contribution < 1.29 is 19.2 Å². The Hall–Kier alpha value is -3.49. The molecule has 0 fully saturated rings. The number of hydrogen-bond donors (Lipinski definition) is 1. The van der Waals surface area contributed by atoms with E-state index in [0.29, 0.717) is 5.56 Å². The number of nitrogens with two attached hydrogens (primary N) is 1. The van der Waals surface area contributed by atoms with Crippen LogP contribution in [0.1, 0.15) is 26.3 Å². The number of rotatable bonds is 5. The summed E-state index contributed by atoms with van der Waals surface area (Å²) in [6.45, 7) is -0.0778. The number of primary amides is 1. The van der Waals surface area contributed by atoms with Crippen molar-refractivity contribution in [1.29, 1.82) is 0 Å². The van der Waals surface area contributed by atoms with Crippen LogP contribution in [0.3, 0.4) is 0 Å². The first-order chi connectivity index (χ1) is 11.3. The van der Waals surface area contributed by atoms with Crippen molar-refractivity contribution in [3.05, 3.63) is 73.7 Å². The number of esters is 1. The van der Waals surface area contributed by atoms with E-state index >= 15 is 0 Å². The predicted octanol–water partition coefficient (Wildman–Crippen LogP) is 0.690. The molecule has 0 aliphatic carbocycles. The molecule has 1 heterocycles. The second-order valence-electron chi connectivity index (χ2n) is 4.86. The topological polar surface area (TPSA) is 135 Å². The summed E-state index contributed by atoms with van der Waals surface area (Å²) in [5, 5.41) is 11.0. The molecule has 0 aliphatic heterocycles. The number of methoxy groups -OCH3 is 1. The minimum atomic E-state index is -0.878. The lowest BCUT2D eigenvalue weighted by atomic mass is 10.1. The van der Waals surface area contributed by atoms with Gasteiger partial charge in [0.1, 0.15) is 0 Å². The first-order valence-corrected chi connectivity index (χ1v) is 6.69. The van der Waals surface area contributed by atoms with Crippen molar-refractivity contribution >= 4 is 17.6 Å². The van der Waals surface area contributed by atoms with Crippen LogP contribution in [0.5, 0.6) is 0 Å². The highest BCUT2D eigenvalue weighted by molar-refractivity contribution is 5.92. The summed E-state index contributed by atoms with van der Waals surface area (Å²) in [5.41, 5.74) is 4.19. The van der Waals surface area contributed by atoms with E-state index in [1.54, 1.807) is 12.1 Å². The highest BCUT2D eigenvalue weighted by Gasteiger charge is 2.20. The molecule has 1 aromatic heterocycles. The van der Waals surface area contributed by atoms with E-state index in [-0.39, 0.29) is 17.7 Å². The number of hydrogen-bond acceptors (Lipinski definition) is 6. The summed E-state index contributed by atoms with van der Waals surface area (Å²) >= 11 is 0. The number of carbonyl (C=O) groups is 2. The van der Waals surface area contributed by atoms with Crippen LogP contribution in [0.2, 0.25) is 0 Å². The van der Waals surface area contributed by atoms with Crippen molar-refractivity contribution in [1.82, 2.24) is 4.57 Å². The maximum atomic E-state index is 12.2. The van der Waals surface area contributed by atoms with E-state index < -0.39 is 28.0 Å². The summed E-state index contributed by atoms with van der Waals surface area (Å²) in [7, 11) is 1.12. The number of nitrogens with zero attached hydrogens (tertiary/aromatic N) is 2. The summed E-state index contributed by atoms with van der Waals surface area (Å²) in [6.07, 6.45) is 1.16. The molecule has 24 heavy (non-hydrogen) atoms. The Bertz CT molecular complexity index is 887. The highest BCUT2D eigenvalue weighted by Crippen LogP contribution is 2.12. The van der Waals surface area contributed by atoms with Gasteiger partial charge < -0.3 is 15.0 Å². The lowest BCUT2D eigenvalue weighted by molar-refractivity contribution is -0.386. The van der Waals surface area contributed by atoms with Crippen LogP contribution >= 0.6 is 0 Å². The van der Waals surface area contributed by atoms with Gasteiger partial charge in [0.25, 0.3) is 0 Å². The van der Waals surface area contributed by atoms with Gasteiger partial charge in [-0.2, -0.15) is 0 Å². The third-order valence-corrected chi connectivity index (χ3v) is 3.25. The number of ether oxygens (including phenoxy) is 1. The average molecular weight is 331 g/mol. The van der Waals surface area contributed by atoms with Gasteiger partial charge in [-0.3, -0.25) is 19.7 Å². The van der Waals surface area contributed by atoms with Crippen molar-refractivity contribution in [2.75, 3.05) is 7.11 Å². The van der Waals surface area contributed by atoms with E-state index in [0.717, 1.165) is 23.9 Å².